The second kappa shape index (κ2) is 7.51. The predicted molar refractivity (Wildman–Crippen MR) is 123 cm³/mol. The molecule has 2 aromatic carbocycles. The van der Waals surface area contributed by atoms with Crippen molar-refractivity contribution < 1.29 is 22.4 Å². The molecule has 2 aliphatic rings. The van der Waals surface area contributed by atoms with Gasteiger partial charge >= 0.3 is 0 Å². The lowest BCUT2D eigenvalue weighted by Crippen LogP contribution is -2.33. The van der Waals surface area contributed by atoms with Crippen molar-refractivity contribution in [2.24, 2.45) is 5.41 Å². The predicted octanol–water partition coefficient (Wildman–Crippen LogP) is 4.88. The van der Waals surface area contributed by atoms with Gasteiger partial charge in [0.2, 0.25) is 5.91 Å². The Kier molecular flexibility index (Phi) is 5.31. The highest BCUT2D eigenvalue weighted by molar-refractivity contribution is 7.91. The van der Waals surface area contributed by atoms with Gasteiger partial charge in [-0.2, -0.15) is 0 Å². The van der Waals surface area contributed by atoms with E-state index in [9.17, 15) is 22.4 Å². The minimum atomic E-state index is -3.01. The van der Waals surface area contributed by atoms with Crippen LogP contribution in [0.4, 0.5) is 15.8 Å². The van der Waals surface area contributed by atoms with Gasteiger partial charge in [-0.15, -0.1) is 0 Å². The second-order valence-corrected chi connectivity index (χ2v) is 12.3. The number of halogens is 1. The van der Waals surface area contributed by atoms with E-state index in [0.29, 0.717) is 29.7 Å². The van der Waals surface area contributed by atoms with Crippen molar-refractivity contribution in [3.8, 4) is 0 Å². The van der Waals surface area contributed by atoms with Crippen molar-refractivity contribution in [3.05, 3.63) is 58.9 Å². The fourth-order valence-corrected chi connectivity index (χ4v) is 6.45. The van der Waals surface area contributed by atoms with Gasteiger partial charge in [0.05, 0.1) is 28.3 Å². The summed E-state index contributed by atoms with van der Waals surface area (Å²) < 4.78 is 38.2. The molecule has 4 rings (SSSR count). The van der Waals surface area contributed by atoms with E-state index in [4.69, 9.17) is 0 Å². The van der Waals surface area contributed by atoms with Crippen LogP contribution in [0.1, 0.15) is 61.5 Å². The van der Waals surface area contributed by atoms with Crippen molar-refractivity contribution >= 4 is 32.9 Å². The lowest BCUT2D eigenvalue weighted by Gasteiger charge is -2.32. The summed E-state index contributed by atoms with van der Waals surface area (Å²) in [6.07, 6.45) is 1.19. The van der Waals surface area contributed by atoms with Crippen LogP contribution in [0.25, 0.3) is 0 Å². The van der Waals surface area contributed by atoms with Gasteiger partial charge < -0.3 is 0 Å². The highest BCUT2D eigenvalue weighted by Gasteiger charge is 2.46. The molecule has 0 radical (unpaired) electrons. The first-order valence-electron chi connectivity index (χ1n) is 10.8. The summed E-state index contributed by atoms with van der Waals surface area (Å²) >= 11 is 0. The fourth-order valence-electron chi connectivity index (χ4n) is 4.64. The number of anilines is 2. The van der Waals surface area contributed by atoms with Crippen molar-refractivity contribution in [1.29, 1.82) is 0 Å². The van der Waals surface area contributed by atoms with E-state index >= 15 is 0 Å². The minimum absolute atomic E-state index is 0.0713. The number of fused-ring (bicyclic) bond motifs is 1. The van der Waals surface area contributed by atoms with Crippen molar-refractivity contribution in [2.75, 3.05) is 16.4 Å². The molecule has 32 heavy (non-hydrogen) atoms. The summed E-state index contributed by atoms with van der Waals surface area (Å²) in [5.41, 5.74) is 1.54. The zero-order chi connectivity index (χ0) is 23.5. The SMILES string of the molecule is Cc1ccc(F)c(N2C(=O)C(C)(C)c3cc(C(=O)CC4(C)CCS(=O)(=O)CC4)ccc32)c1. The van der Waals surface area contributed by atoms with Crippen LogP contribution in [-0.4, -0.2) is 31.6 Å². The molecule has 1 fully saturated rings. The number of benzene rings is 2. The average molecular weight is 458 g/mol. The van der Waals surface area contributed by atoms with Crippen molar-refractivity contribution in [2.45, 2.75) is 52.4 Å². The third-order valence-corrected chi connectivity index (χ3v) is 8.59. The number of hydrogen-bond acceptors (Lipinski definition) is 4. The molecule has 0 aromatic heterocycles. The van der Waals surface area contributed by atoms with E-state index in [2.05, 4.69) is 0 Å². The van der Waals surface area contributed by atoms with Crippen LogP contribution in [0, 0.1) is 18.2 Å². The van der Waals surface area contributed by atoms with Gasteiger partial charge in [0.1, 0.15) is 15.7 Å². The molecule has 1 amide bonds. The summed E-state index contributed by atoms with van der Waals surface area (Å²) in [5, 5.41) is 0. The number of aryl methyl sites for hydroxylation is 1. The molecular formula is C25H28FNO4S. The topological polar surface area (TPSA) is 71.5 Å². The van der Waals surface area contributed by atoms with Gasteiger partial charge in [-0.25, -0.2) is 12.8 Å². The number of carbonyl (C=O) groups excluding carboxylic acids is 2. The summed E-state index contributed by atoms with van der Waals surface area (Å²) in [4.78, 5) is 27.8. The van der Waals surface area contributed by atoms with E-state index in [0.717, 1.165) is 5.56 Å². The molecule has 170 valence electrons. The first-order chi connectivity index (χ1) is 14.8. The highest BCUT2D eigenvalue weighted by atomic mass is 32.2. The molecule has 5 nitrogen and oxygen atoms in total. The number of carbonyl (C=O) groups is 2. The Hall–Kier alpha value is -2.54. The molecule has 0 unspecified atom stereocenters. The summed E-state index contributed by atoms with van der Waals surface area (Å²) in [7, 11) is -3.01. The lowest BCUT2D eigenvalue weighted by atomic mass is 9.78. The molecule has 1 saturated heterocycles. The number of ketones is 1. The largest absolute Gasteiger partial charge is 0.294 e. The molecule has 0 atom stereocenters. The van der Waals surface area contributed by atoms with Gasteiger partial charge in [-0.1, -0.05) is 13.0 Å². The quantitative estimate of drug-likeness (QED) is 0.614. The maximum Gasteiger partial charge on any atom is 0.241 e. The number of amides is 1. The monoisotopic (exact) mass is 457 g/mol. The van der Waals surface area contributed by atoms with Crippen molar-refractivity contribution in [1.82, 2.24) is 0 Å². The van der Waals surface area contributed by atoms with Crippen LogP contribution >= 0.6 is 0 Å². The van der Waals surface area contributed by atoms with Gasteiger partial charge in [-0.05, 0) is 80.5 Å². The Morgan fingerprint density at radius 1 is 1.03 bits per heavy atom. The van der Waals surface area contributed by atoms with E-state index in [1.165, 1.54) is 11.0 Å². The first-order valence-corrected chi connectivity index (χ1v) is 12.6. The molecule has 7 heteroatoms. The maximum atomic E-state index is 14.6. The number of hydrogen-bond donors (Lipinski definition) is 0. The van der Waals surface area contributed by atoms with E-state index in [-0.39, 0.29) is 40.7 Å². The minimum Gasteiger partial charge on any atom is -0.294 e. The first kappa shape index (κ1) is 22.6. The Balaban J connectivity index is 1.67. The molecule has 2 heterocycles. The summed E-state index contributed by atoms with van der Waals surface area (Å²) in [6, 6.07) is 9.79. The van der Waals surface area contributed by atoms with Gasteiger partial charge in [0, 0.05) is 12.0 Å². The average Bonchev–Trinajstić information content (AvgIpc) is 2.92. The zero-order valence-corrected chi connectivity index (χ0v) is 19.7. The smallest absolute Gasteiger partial charge is 0.241 e. The Labute approximate surface area is 188 Å². The zero-order valence-electron chi connectivity index (χ0n) is 18.9. The molecular weight excluding hydrogens is 429 g/mol. The maximum absolute atomic E-state index is 14.6. The normalized spacial score (nSPS) is 20.8. The summed E-state index contributed by atoms with van der Waals surface area (Å²) in [6.45, 7) is 7.36. The fraction of sp³-hybridized carbons (Fsp3) is 0.440. The van der Waals surface area contributed by atoms with Gasteiger partial charge in [-0.3, -0.25) is 14.5 Å². The Bertz CT molecular complexity index is 1220. The van der Waals surface area contributed by atoms with E-state index in [1.54, 1.807) is 44.2 Å². The molecule has 0 saturated carbocycles. The number of nitrogens with zero attached hydrogens (tertiary/aromatic N) is 1. The van der Waals surface area contributed by atoms with E-state index in [1.807, 2.05) is 13.8 Å². The Morgan fingerprint density at radius 2 is 1.69 bits per heavy atom. The second-order valence-electron chi connectivity index (χ2n) is 10.0. The molecule has 2 aromatic rings. The van der Waals surface area contributed by atoms with Gasteiger partial charge in [0.15, 0.2) is 5.78 Å². The number of Topliss-reactive ketones (excluding diaryl/α,β-unsaturated/α-hetero) is 1. The molecule has 0 N–H and O–H groups in total. The van der Waals surface area contributed by atoms with Crippen LogP contribution in [0.3, 0.4) is 0 Å². The third kappa shape index (κ3) is 3.87. The van der Waals surface area contributed by atoms with Gasteiger partial charge in [0.25, 0.3) is 0 Å². The highest BCUT2D eigenvalue weighted by Crippen LogP contribution is 2.47. The van der Waals surface area contributed by atoms with Crippen LogP contribution in [0.15, 0.2) is 36.4 Å². The molecule has 0 aliphatic carbocycles. The molecule has 0 spiro atoms. The lowest BCUT2D eigenvalue weighted by molar-refractivity contribution is -0.121. The molecule has 2 aliphatic heterocycles. The number of rotatable bonds is 4. The summed E-state index contributed by atoms with van der Waals surface area (Å²) in [5.74, 6) is -0.573. The Morgan fingerprint density at radius 3 is 2.34 bits per heavy atom. The van der Waals surface area contributed by atoms with Crippen molar-refractivity contribution in [3.63, 3.8) is 0 Å². The van der Waals surface area contributed by atoms with Crippen LogP contribution in [0.5, 0.6) is 0 Å². The van der Waals surface area contributed by atoms with Crippen LogP contribution < -0.4 is 4.90 Å². The number of sulfone groups is 1. The van der Waals surface area contributed by atoms with Crippen LogP contribution in [-0.2, 0) is 20.0 Å². The standard InChI is InChI=1S/C25H28FNO4S/c1-16-5-7-19(26)21(13-16)27-20-8-6-17(14-18(20)24(2,3)23(27)29)22(28)15-25(4)9-11-32(30,31)12-10-25/h5-8,13-14H,9-12,15H2,1-4H3. The molecule has 0 bridgehead atoms. The van der Waals surface area contributed by atoms with Crippen LogP contribution in [0.2, 0.25) is 0 Å². The van der Waals surface area contributed by atoms with E-state index < -0.39 is 21.1 Å². The third-order valence-electron chi connectivity index (χ3n) is 6.93.